The predicted molar refractivity (Wildman–Crippen MR) is 88.6 cm³/mol. The number of nitrogens with zero attached hydrogens (tertiary/aromatic N) is 1. The zero-order chi connectivity index (χ0) is 20.6. The second-order valence-corrected chi connectivity index (χ2v) is 7.16. The molecule has 0 saturated heterocycles. The van der Waals surface area contributed by atoms with Crippen molar-refractivity contribution in [3.8, 4) is 0 Å². The average Bonchev–Trinajstić information content (AvgIpc) is 2.96. The van der Waals surface area contributed by atoms with Gasteiger partial charge in [0, 0.05) is 18.5 Å². The maximum absolute atomic E-state index is 13.0. The molecule has 0 heterocycles. The minimum atomic E-state index is -4.91. The molecule has 2 rings (SSSR count). The summed E-state index contributed by atoms with van der Waals surface area (Å²) in [5.41, 5.74) is -2.03. The van der Waals surface area contributed by atoms with Crippen LogP contribution < -0.4 is 0 Å². The van der Waals surface area contributed by atoms with Crippen molar-refractivity contribution in [1.82, 2.24) is 4.90 Å². The summed E-state index contributed by atoms with van der Waals surface area (Å²) in [6.07, 6.45) is -8.03. The van der Waals surface area contributed by atoms with Crippen molar-refractivity contribution in [3.05, 3.63) is 47.0 Å². The Morgan fingerprint density at radius 2 is 1.63 bits per heavy atom. The van der Waals surface area contributed by atoms with E-state index in [0.717, 1.165) is 5.57 Å². The Bertz CT molecular complexity index is 688. The third-order valence-corrected chi connectivity index (χ3v) is 4.64. The van der Waals surface area contributed by atoms with E-state index in [1.165, 1.54) is 4.90 Å². The molecule has 1 fully saturated rings. The van der Waals surface area contributed by atoms with Crippen LogP contribution in [-0.2, 0) is 23.7 Å². The molecule has 8 heteroatoms. The highest BCUT2D eigenvalue weighted by atomic mass is 19.4. The Labute approximate surface area is 153 Å². The zero-order valence-electron chi connectivity index (χ0n) is 15.0. The number of hydrogen-bond acceptors (Lipinski definition) is 1. The lowest BCUT2D eigenvalue weighted by molar-refractivity contribution is -0.143. The van der Waals surface area contributed by atoms with Crippen molar-refractivity contribution in [2.45, 2.75) is 58.0 Å². The van der Waals surface area contributed by atoms with E-state index in [1.54, 1.807) is 13.8 Å². The highest BCUT2D eigenvalue weighted by Gasteiger charge is 2.37. The molecular formula is C19H21F6NO. The van der Waals surface area contributed by atoms with Crippen LogP contribution in [0.15, 0.2) is 30.4 Å². The van der Waals surface area contributed by atoms with Gasteiger partial charge in [0.25, 0.3) is 0 Å². The second kappa shape index (κ2) is 7.56. The summed E-state index contributed by atoms with van der Waals surface area (Å²) in [6.45, 7) is 6.88. The van der Waals surface area contributed by atoms with E-state index >= 15 is 0 Å². The Kier molecular flexibility index (Phi) is 5.97. The van der Waals surface area contributed by atoms with E-state index in [1.807, 2.05) is 0 Å². The van der Waals surface area contributed by atoms with Crippen molar-refractivity contribution in [2.75, 3.05) is 0 Å². The second-order valence-electron chi connectivity index (χ2n) is 7.16. The molecule has 1 atom stereocenters. The fourth-order valence-electron chi connectivity index (χ4n) is 3.20. The quantitative estimate of drug-likeness (QED) is 0.466. The van der Waals surface area contributed by atoms with Gasteiger partial charge in [-0.3, -0.25) is 4.79 Å². The van der Waals surface area contributed by atoms with Crippen LogP contribution in [0.25, 0.3) is 0 Å². The van der Waals surface area contributed by atoms with Crippen LogP contribution in [0, 0.1) is 5.92 Å². The van der Waals surface area contributed by atoms with E-state index in [0.29, 0.717) is 31.4 Å². The Morgan fingerprint density at radius 3 is 2.00 bits per heavy atom. The van der Waals surface area contributed by atoms with E-state index < -0.39 is 23.5 Å². The lowest BCUT2D eigenvalue weighted by Crippen LogP contribution is -2.39. The zero-order valence-corrected chi connectivity index (χ0v) is 15.0. The molecule has 1 aromatic carbocycles. The van der Waals surface area contributed by atoms with Crippen LogP contribution in [0.4, 0.5) is 26.3 Å². The smallest absolute Gasteiger partial charge is 0.336 e. The first-order valence-electron chi connectivity index (χ1n) is 8.54. The molecule has 150 valence electrons. The Balaban J connectivity index is 2.37. The van der Waals surface area contributed by atoms with E-state index in [2.05, 4.69) is 6.58 Å². The molecule has 0 bridgehead atoms. The largest absolute Gasteiger partial charge is 0.416 e. The van der Waals surface area contributed by atoms with Crippen LogP contribution >= 0.6 is 0 Å². The molecule has 0 radical (unpaired) electrons. The highest BCUT2D eigenvalue weighted by Crippen LogP contribution is 2.37. The van der Waals surface area contributed by atoms with Crippen LogP contribution in [0.1, 0.15) is 49.8 Å². The normalized spacial score (nSPS) is 18.3. The van der Waals surface area contributed by atoms with Gasteiger partial charge in [-0.1, -0.05) is 12.2 Å². The monoisotopic (exact) mass is 393 g/mol. The summed E-state index contributed by atoms with van der Waals surface area (Å²) in [7, 11) is 0. The Hall–Kier alpha value is -1.99. The number of carbonyl (C=O) groups excluding carboxylic acids is 1. The van der Waals surface area contributed by atoms with Gasteiger partial charge in [0.1, 0.15) is 0 Å². The molecule has 2 nitrogen and oxygen atoms in total. The van der Waals surface area contributed by atoms with Gasteiger partial charge in [0.05, 0.1) is 11.1 Å². The standard InChI is InChI=1S/C19H21F6NO/c1-11(2)26(17(27)14-5-4-12(3)6-14)10-13-7-15(18(20,21)22)9-16(8-13)19(23,24)25/h7-9,11,14H,3-6,10H2,1-2H3. The molecule has 1 amide bonds. The molecule has 0 aromatic heterocycles. The summed E-state index contributed by atoms with van der Waals surface area (Å²) >= 11 is 0. The van der Waals surface area contributed by atoms with Crippen molar-refractivity contribution in [2.24, 2.45) is 5.92 Å². The van der Waals surface area contributed by atoms with Crippen molar-refractivity contribution >= 4 is 5.91 Å². The lowest BCUT2D eigenvalue weighted by Gasteiger charge is -2.30. The molecule has 1 aliphatic carbocycles. The predicted octanol–water partition coefficient (Wildman–Crippen LogP) is 5.82. The molecular weight excluding hydrogens is 372 g/mol. The van der Waals surface area contributed by atoms with Crippen molar-refractivity contribution in [3.63, 3.8) is 0 Å². The minimum Gasteiger partial charge on any atom is -0.336 e. The number of allylic oxidation sites excluding steroid dienone is 1. The van der Waals surface area contributed by atoms with Gasteiger partial charge in [0.15, 0.2) is 0 Å². The minimum absolute atomic E-state index is 0.0893. The highest BCUT2D eigenvalue weighted by molar-refractivity contribution is 5.80. The first kappa shape index (κ1) is 21.3. The summed E-state index contributed by atoms with van der Waals surface area (Å²) in [6, 6.07) is 1.07. The van der Waals surface area contributed by atoms with E-state index in [9.17, 15) is 31.1 Å². The fraction of sp³-hybridized carbons (Fsp3) is 0.526. The Morgan fingerprint density at radius 1 is 1.11 bits per heavy atom. The molecule has 1 aliphatic rings. The summed E-state index contributed by atoms with van der Waals surface area (Å²) < 4.78 is 78.1. The number of alkyl halides is 6. The lowest BCUT2D eigenvalue weighted by atomic mass is 10.0. The van der Waals surface area contributed by atoms with Gasteiger partial charge in [0.2, 0.25) is 5.91 Å². The van der Waals surface area contributed by atoms with Gasteiger partial charge < -0.3 is 4.90 Å². The molecule has 0 aliphatic heterocycles. The van der Waals surface area contributed by atoms with Crippen LogP contribution in [-0.4, -0.2) is 16.8 Å². The molecule has 27 heavy (non-hydrogen) atoms. The van der Waals surface area contributed by atoms with Gasteiger partial charge in [-0.2, -0.15) is 26.3 Å². The van der Waals surface area contributed by atoms with E-state index in [-0.39, 0.29) is 36.0 Å². The number of carbonyl (C=O) groups is 1. The average molecular weight is 393 g/mol. The maximum atomic E-state index is 13.0. The molecule has 0 spiro atoms. The topological polar surface area (TPSA) is 20.3 Å². The molecule has 1 saturated carbocycles. The molecule has 1 unspecified atom stereocenters. The van der Waals surface area contributed by atoms with Crippen LogP contribution in [0.3, 0.4) is 0 Å². The maximum Gasteiger partial charge on any atom is 0.416 e. The summed E-state index contributed by atoms with van der Waals surface area (Å²) in [5, 5.41) is 0. The number of amides is 1. The molecule has 0 N–H and O–H groups in total. The third-order valence-electron chi connectivity index (χ3n) is 4.64. The molecule has 1 aromatic rings. The third kappa shape index (κ3) is 5.26. The summed E-state index contributed by atoms with van der Waals surface area (Å²) in [4.78, 5) is 14.1. The summed E-state index contributed by atoms with van der Waals surface area (Å²) in [5.74, 6) is -0.595. The van der Waals surface area contributed by atoms with Gasteiger partial charge in [-0.25, -0.2) is 0 Å². The fourth-order valence-corrected chi connectivity index (χ4v) is 3.20. The van der Waals surface area contributed by atoms with Crippen molar-refractivity contribution in [1.29, 1.82) is 0 Å². The van der Waals surface area contributed by atoms with Crippen molar-refractivity contribution < 1.29 is 31.1 Å². The van der Waals surface area contributed by atoms with Gasteiger partial charge in [-0.15, -0.1) is 0 Å². The number of hydrogen-bond donors (Lipinski definition) is 0. The van der Waals surface area contributed by atoms with Crippen LogP contribution in [0.5, 0.6) is 0 Å². The number of benzene rings is 1. The SMILES string of the molecule is C=C1CCC(C(=O)N(Cc2cc(C(F)(F)F)cc(C(F)(F)F)c2)C(C)C)C1. The number of rotatable bonds is 4. The van der Waals surface area contributed by atoms with E-state index in [4.69, 9.17) is 0 Å². The number of halogens is 6. The van der Waals surface area contributed by atoms with Gasteiger partial charge in [-0.05, 0) is 56.9 Å². The van der Waals surface area contributed by atoms with Gasteiger partial charge >= 0.3 is 12.4 Å². The van der Waals surface area contributed by atoms with Crippen LogP contribution in [0.2, 0.25) is 0 Å². The first-order valence-corrected chi connectivity index (χ1v) is 8.54. The first-order chi connectivity index (χ1) is 12.3.